The largest absolute Gasteiger partial charge is 0.459 e. The van der Waals surface area contributed by atoms with Crippen LogP contribution in [-0.4, -0.2) is 57.3 Å². The molecule has 0 aliphatic carbocycles. The van der Waals surface area contributed by atoms with Crippen molar-refractivity contribution in [1.82, 2.24) is 15.2 Å². The number of sulfonamides is 1. The molecule has 29 heavy (non-hydrogen) atoms. The van der Waals surface area contributed by atoms with E-state index in [-0.39, 0.29) is 18.2 Å². The number of furan rings is 1. The Kier molecular flexibility index (Phi) is 6.36. The molecule has 1 aliphatic rings. The number of benzene rings is 1. The Labute approximate surface area is 169 Å². The molecule has 2 amide bonds. The molecule has 10 heteroatoms. The van der Waals surface area contributed by atoms with Gasteiger partial charge < -0.3 is 9.32 Å². The van der Waals surface area contributed by atoms with Crippen molar-refractivity contribution in [3.63, 3.8) is 0 Å². The van der Waals surface area contributed by atoms with Crippen molar-refractivity contribution in [3.8, 4) is 0 Å². The summed E-state index contributed by atoms with van der Waals surface area (Å²) in [6, 6.07) is 8.20. The number of nitrogens with zero attached hydrogens (tertiary/aromatic N) is 1. The van der Waals surface area contributed by atoms with Gasteiger partial charge in [-0.05, 0) is 49.2 Å². The fourth-order valence-electron chi connectivity index (χ4n) is 3.11. The number of amides is 2. The Balaban J connectivity index is 1.49. The van der Waals surface area contributed by atoms with Crippen molar-refractivity contribution in [1.29, 1.82) is 0 Å². The van der Waals surface area contributed by atoms with Crippen LogP contribution in [0, 0.1) is 13.8 Å². The first kappa shape index (κ1) is 21.0. The fraction of sp³-hybridized carbons (Fsp3) is 0.368. The summed E-state index contributed by atoms with van der Waals surface area (Å²) in [7, 11) is -3.55. The highest BCUT2D eigenvalue weighted by Gasteiger charge is 2.31. The van der Waals surface area contributed by atoms with Crippen LogP contribution in [0.25, 0.3) is 0 Å². The van der Waals surface area contributed by atoms with Gasteiger partial charge in [0.25, 0.3) is 5.91 Å². The molecular formula is C19H25N4O5S+. The Hall–Kier alpha value is -2.69. The Morgan fingerprint density at radius 1 is 1.10 bits per heavy atom. The molecule has 2 heterocycles. The van der Waals surface area contributed by atoms with Crippen LogP contribution >= 0.6 is 0 Å². The van der Waals surface area contributed by atoms with Crippen LogP contribution in [0.4, 0.5) is 0 Å². The maximum atomic E-state index is 12.9. The monoisotopic (exact) mass is 421 g/mol. The first-order valence-electron chi connectivity index (χ1n) is 9.31. The fourth-order valence-corrected chi connectivity index (χ4v) is 4.64. The van der Waals surface area contributed by atoms with E-state index in [1.807, 2.05) is 19.9 Å². The lowest BCUT2D eigenvalue weighted by molar-refractivity contribution is -0.895. The molecule has 0 spiro atoms. The lowest BCUT2D eigenvalue weighted by atomic mass is 10.1. The van der Waals surface area contributed by atoms with E-state index in [1.165, 1.54) is 16.6 Å². The minimum Gasteiger partial charge on any atom is -0.459 e. The zero-order valence-corrected chi connectivity index (χ0v) is 17.2. The molecule has 1 fully saturated rings. The van der Waals surface area contributed by atoms with E-state index in [0.717, 1.165) is 16.0 Å². The van der Waals surface area contributed by atoms with Crippen LogP contribution in [0.15, 0.2) is 45.9 Å². The molecule has 3 rings (SSSR count). The van der Waals surface area contributed by atoms with E-state index in [4.69, 9.17) is 4.42 Å². The van der Waals surface area contributed by atoms with Crippen LogP contribution in [0.3, 0.4) is 0 Å². The van der Waals surface area contributed by atoms with Crippen LogP contribution in [0.2, 0.25) is 0 Å². The number of aryl methyl sites for hydroxylation is 2. The summed E-state index contributed by atoms with van der Waals surface area (Å²) in [6.45, 7) is 5.63. The van der Waals surface area contributed by atoms with Crippen LogP contribution in [-0.2, 0) is 14.8 Å². The minimum absolute atomic E-state index is 0.0998. The highest BCUT2D eigenvalue weighted by molar-refractivity contribution is 7.89. The molecule has 9 nitrogen and oxygen atoms in total. The number of hydrogen-bond donors (Lipinski definition) is 3. The lowest BCUT2D eigenvalue weighted by Crippen LogP contribution is -3.16. The van der Waals surface area contributed by atoms with Crippen LogP contribution in [0.5, 0.6) is 0 Å². The number of carbonyl (C=O) groups excluding carboxylic acids is 2. The number of hydrogen-bond acceptors (Lipinski definition) is 5. The predicted molar refractivity (Wildman–Crippen MR) is 105 cm³/mol. The third kappa shape index (κ3) is 5.03. The van der Waals surface area contributed by atoms with Crippen molar-refractivity contribution >= 4 is 21.8 Å². The third-order valence-corrected chi connectivity index (χ3v) is 6.91. The zero-order valence-electron chi connectivity index (χ0n) is 16.4. The van der Waals surface area contributed by atoms with Crippen LogP contribution < -0.4 is 15.8 Å². The maximum absolute atomic E-state index is 12.9. The number of rotatable bonds is 5. The summed E-state index contributed by atoms with van der Waals surface area (Å²) in [6.07, 6.45) is 1.37. The van der Waals surface area contributed by atoms with Gasteiger partial charge in [-0.25, -0.2) is 8.42 Å². The predicted octanol–water partition coefficient (Wildman–Crippen LogP) is -0.753. The second-order valence-electron chi connectivity index (χ2n) is 7.06. The average Bonchev–Trinajstić information content (AvgIpc) is 3.23. The van der Waals surface area contributed by atoms with Crippen molar-refractivity contribution in [3.05, 3.63) is 53.5 Å². The van der Waals surface area contributed by atoms with Gasteiger partial charge in [-0.2, -0.15) is 4.31 Å². The van der Waals surface area contributed by atoms with E-state index in [2.05, 4.69) is 10.9 Å². The highest BCUT2D eigenvalue weighted by atomic mass is 32.2. The van der Waals surface area contributed by atoms with Gasteiger partial charge in [0.15, 0.2) is 12.3 Å². The van der Waals surface area contributed by atoms with Crippen LogP contribution in [0.1, 0.15) is 21.7 Å². The normalized spacial score (nSPS) is 15.8. The smallest absolute Gasteiger partial charge is 0.305 e. The molecular weight excluding hydrogens is 396 g/mol. The summed E-state index contributed by atoms with van der Waals surface area (Å²) < 4.78 is 32.1. The zero-order chi connectivity index (χ0) is 21.0. The third-order valence-electron chi connectivity index (χ3n) is 5.02. The standard InChI is InChI=1S/C19H24N4O5S/c1-14-5-6-16(12-15(14)2)29(26,27)23-9-7-22(8-10-23)13-18(24)20-21-19(25)17-4-3-11-28-17/h3-6,11-12H,7-10,13H2,1-2H3,(H,20,24)(H,21,25)/p+1. The molecule has 2 aromatic rings. The minimum atomic E-state index is -3.55. The topological polar surface area (TPSA) is 113 Å². The molecule has 1 aromatic carbocycles. The summed E-state index contributed by atoms with van der Waals surface area (Å²) in [5.74, 6) is -0.796. The van der Waals surface area contributed by atoms with E-state index in [1.54, 1.807) is 18.2 Å². The molecule has 0 saturated carbocycles. The van der Waals surface area contributed by atoms with Gasteiger partial charge in [0.05, 0.1) is 37.3 Å². The van der Waals surface area contributed by atoms with Gasteiger partial charge in [-0.3, -0.25) is 20.4 Å². The molecule has 0 bridgehead atoms. The average molecular weight is 421 g/mol. The number of piperazine rings is 1. The lowest BCUT2D eigenvalue weighted by Gasteiger charge is -2.31. The second kappa shape index (κ2) is 8.76. The van der Waals surface area contributed by atoms with Gasteiger partial charge >= 0.3 is 5.91 Å². The first-order chi connectivity index (χ1) is 13.8. The number of hydrazine groups is 1. The summed E-state index contributed by atoms with van der Waals surface area (Å²) in [5.41, 5.74) is 6.61. The van der Waals surface area contributed by atoms with Gasteiger partial charge in [-0.15, -0.1) is 0 Å². The van der Waals surface area contributed by atoms with Crippen molar-refractivity contribution in [2.45, 2.75) is 18.7 Å². The molecule has 0 atom stereocenters. The quantitative estimate of drug-likeness (QED) is 0.550. The molecule has 1 saturated heterocycles. The molecule has 1 aromatic heterocycles. The highest BCUT2D eigenvalue weighted by Crippen LogP contribution is 2.19. The SMILES string of the molecule is Cc1ccc(S(=O)(=O)N2CC[NH+](CC(=O)NNC(=O)c3ccco3)CC2)cc1C. The van der Waals surface area contributed by atoms with E-state index >= 15 is 0 Å². The molecule has 0 unspecified atom stereocenters. The molecule has 3 N–H and O–H groups in total. The first-order valence-corrected chi connectivity index (χ1v) is 10.7. The molecule has 156 valence electrons. The van der Waals surface area contributed by atoms with Crippen molar-refractivity contribution in [2.75, 3.05) is 32.7 Å². The van der Waals surface area contributed by atoms with Gasteiger partial charge in [0.1, 0.15) is 0 Å². The van der Waals surface area contributed by atoms with E-state index < -0.39 is 15.9 Å². The summed E-state index contributed by atoms with van der Waals surface area (Å²) >= 11 is 0. The van der Waals surface area contributed by atoms with Crippen molar-refractivity contribution < 1.29 is 27.3 Å². The van der Waals surface area contributed by atoms with Gasteiger partial charge in [0.2, 0.25) is 10.0 Å². The number of nitrogens with one attached hydrogen (secondary N) is 3. The number of carbonyl (C=O) groups is 2. The van der Waals surface area contributed by atoms with Crippen molar-refractivity contribution in [2.24, 2.45) is 0 Å². The maximum Gasteiger partial charge on any atom is 0.305 e. The number of quaternary nitrogens is 1. The van der Waals surface area contributed by atoms with E-state index in [0.29, 0.717) is 31.1 Å². The summed E-state index contributed by atoms with van der Waals surface area (Å²) in [4.78, 5) is 25.0. The van der Waals surface area contributed by atoms with E-state index in [9.17, 15) is 18.0 Å². The van der Waals surface area contributed by atoms with Gasteiger partial charge in [-0.1, -0.05) is 6.07 Å². The second-order valence-corrected chi connectivity index (χ2v) is 8.99. The van der Waals surface area contributed by atoms with Gasteiger partial charge in [0, 0.05) is 0 Å². The molecule has 1 aliphatic heterocycles. The molecule has 0 radical (unpaired) electrons. The Bertz CT molecular complexity index is 980. The Morgan fingerprint density at radius 2 is 1.83 bits per heavy atom. The summed E-state index contributed by atoms with van der Waals surface area (Å²) in [5, 5.41) is 0. The Morgan fingerprint density at radius 3 is 2.45 bits per heavy atom.